The zero-order chi connectivity index (χ0) is 13.0. The Morgan fingerprint density at radius 1 is 1.39 bits per heavy atom. The highest BCUT2D eigenvalue weighted by molar-refractivity contribution is 5.04. The predicted octanol–water partition coefficient (Wildman–Crippen LogP) is 2.06. The van der Waals surface area contributed by atoms with Crippen LogP contribution in [0.15, 0.2) is 12.3 Å². The van der Waals surface area contributed by atoms with E-state index in [4.69, 9.17) is 4.74 Å². The summed E-state index contributed by atoms with van der Waals surface area (Å²) in [6, 6.07) is 1.96. The van der Waals surface area contributed by atoms with Gasteiger partial charge in [0.25, 0.3) is 0 Å². The molecule has 1 aromatic heterocycles. The van der Waals surface area contributed by atoms with Crippen molar-refractivity contribution in [1.29, 1.82) is 0 Å². The molecule has 2 rings (SSSR count). The molecule has 0 spiro atoms. The van der Waals surface area contributed by atoms with Gasteiger partial charge in [0.2, 0.25) is 0 Å². The molecule has 1 saturated carbocycles. The van der Waals surface area contributed by atoms with Crippen LogP contribution in [0.4, 0.5) is 0 Å². The van der Waals surface area contributed by atoms with Crippen LogP contribution in [0.1, 0.15) is 44.2 Å². The number of aromatic nitrogens is 2. The van der Waals surface area contributed by atoms with E-state index in [9.17, 15) is 5.11 Å². The molecule has 0 amide bonds. The fourth-order valence-electron chi connectivity index (χ4n) is 2.96. The Hall–Kier alpha value is -0.870. The van der Waals surface area contributed by atoms with Gasteiger partial charge in [-0.3, -0.25) is 4.68 Å². The van der Waals surface area contributed by atoms with E-state index >= 15 is 0 Å². The van der Waals surface area contributed by atoms with Crippen molar-refractivity contribution in [2.24, 2.45) is 7.05 Å². The van der Waals surface area contributed by atoms with Crippen molar-refractivity contribution >= 4 is 0 Å². The second-order valence-corrected chi connectivity index (χ2v) is 5.38. The maximum absolute atomic E-state index is 10.5. The fourth-order valence-corrected chi connectivity index (χ4v) is 2.96. The molecular formula is C14H24N2O2. The van der Waals surface area contributed by atoms with Crippen LogP contribution in [0.5, 0.6) is 0 Å². The summed E-state index contributed by atoms with van der Waals surface area (Å²) < 4.78 is 7.49. The minimum Gasteiger partial charge on any atom is -0.390 e. The number of rotatable bonds is 4. The van der Waals surface area contributed by atoms with Gasteiger partial charge in [-0.1, -0.05) is 25.7 Å². The maximum atomic E-state index is 10.5. The Morgan fingerprint density at radius 3 is 2.56 bits per heavy atom. The molecule has 1 aliphatic rings. The van der Waals surface area contributed by atoms with Crippen molar-refractivity contribution in [2.45, 2.75) is 56.7 Å². The minimum absolute atomic E-state index is 0.367. The summed E-state index contributed by atoms with van der Waals surface area (Å²) in [5.74, 6) is 0. The Labute approximate surface area is 109 Å². The number of methoxy groups -OCH3 is 1. The van der Waals surface area contributed by atoms with Gasteiger partial charge in [-0.15, -0.1) is 0 Å². The molecule has 0 radical (unpaired) electrons. The monoisotopic (exact) mass is 252 g/mol. The lowest BCUT2D eigenvalue weighted by Crippen LogP contribution is -2.45. The third kappa shape index (κ3) is 2.93. The highest BCUT2D eigenvalue weighted by atomic mass is 16.5. The number of nitrogens with zero attached hydrogens (tertiary/aromatic N) is 2. The number of hydrogen-bond acceptors (Lipinski definition) is 3. The average Bonchev–Trinajstić information content (AvgIpc) is 2.65. The molecule has 1 fully saturated rings. The molecule has 1 aliphatic carbocycles. The van der Waals surface area contributed by atoms with Crippen molar-refractivity contribution in [1.82, 2.24) is 9.78 Å². The quantitative estimate of drug-likeness (QED) is 0.834. The molecule has 4 nitrogen and oxygen atoms in total. The first kappa shape index (κ1) is 13.6. The SMILES string of the molecule is COC1(C(O)Cc2ccn(C)n2)CCCCCC1. The summed E-state index contributed by atoms with van der Waals surface area (Å²) in [5.41, 5.74) is 0.569. The number of aliphatic hydroxyl groups is 1. The van der Waals surface area contributed by atoms with Gasteiger partial charge in [-0.25, -0.2) is 0 Å². The Balaban J connectivity index is 2.06. The largest absolute Gasteiger partial charge is 0.390 e. The van der Waals surface area contributed by atoms with Crippen LogP contribution in [-0.4, -0.2) is 33.7 Å². The molecule has 0 bridgehead atoms. The van der Waals surface area contributed by atoms with Gasteiger partial charge < -0.3 is 9.84 Å². The van der Waals surface area contributed by atoms with Gasteiger partial charge in [0.15, 0.2) is 0 Å². The lowest BCUT2D eigenvalue weighted by atomic mass is 9.85. The number of hydrogen-bond donors (Lipinski definition) is 1. The lowest BCUT2D eigenvalue weighted by Gasteiger charge is -2.36. The standard InChI is InChI=1S/C14H24N2O2/c1-16-10-7-12(15-16)11-13(17)14(18-2)8-5-3-4-6-9-14/h7,10,13,17H,3-6,8-9,11H2,1-2H3. The first-order valence-corrected chi connectivity index (χ1v) is 6.88. The molecule has 4 heteroatoms. The van der Waals surface area contributed by atoms with Crippen LogP contribution in [-0.2, 0) is 18.2 Å². The summed E-state index contributed by atoms with van der Waals surface area (Å²) in [6.07, 6.45) is 8.73. The first-order chi connectivity index (χ1) is 8.66. The summed E-state index contributed by atoms with van der Waals surface area (Å²) in [6.45, 7) is 0. The Kier molecular flexibility index (Phi) is 4.40. The van der Waals surface area contributed by atoms with Crippen molar-refractivity contribution < 1.29 is 9.84 Å². The number of aryl methyl sites for hydroxylation is 1. The molecule has 102 valence electrons. The van der Waals surface area contributed by atoms with Crippen LogP contribution >= 0.6 is 0 Å². The van der Waals surface area contributed by atoms with E-state index in [0.717, 1.165) is 31.4 Å². The maximum Gasteiger partial charge on any atom is 0.0940 e. The van der Waals surface area contributed by atoms with Gasteiger partial charge in [0.1, 0.15) is 0 Å². The van der Waals surface area contributed by atoms with Gasteiger partial charge in [0.05, 0.1) is 17.4 Å². The topological polar surface area (TPSA) is 47.3 Å². The normalized spacial score (nSPS) is 21.5. The molecule has 1 aromatic rings. The van der Waals surface area contributed by atoms with E-state index in [0.29, 0.717) is 6.42 Å². The second-order valence-electron chi connectivity index (χ2n) is 5.38. The van der Waals surface area contributed by atoms with Gasteiger partial charge in [-0.05, 0) is 18.9 Å². The highest BCUT2D eigenvalue weighted by Gasteiger charge is 2.38. The second kappa shape index (κ2) is 5.85. The summed E-state index contributed by atoms with van der Waals surface area (Å²) >= 11 is 0. The molecule has 0 aliphatic heterocycles. The van der Waals surface area contributed by atoms with E-state index in [2.05, 4.69) is 5.10 Å². The number of ether oxygens (including phenoxy) is 1. The van der Waals surface area contributed by atoms with Crippen molar-refractivity contribution in [3.05, 3.63) is 18.0 Å². The Morgan fingerprint density at radius 2 is 2.06 bits per heavy atom. The minimum atomic E-state index is -0.463. The third-order valence-corrected chi connectivity index (χ3v) is 4.14. The molecule has 1 unspecified atom stereocenters. The van der Waals surface area contributed by atoms with Crippen molar-refractivity contribution in [3.63, 3.8) is 0 Å². The van der Waals surface area contributed by atoms with Gasteiger partial charge in [0, 0.05) is 26.8 Å². The highest BCUT2D eigenvalue weighted by Crippen LogP contribution is 2.34. The zero-order valence-corrected chi connectivity index (χ0v) is 11.4. The van der Waals surface area contributed by atoms with E-state index < -0.39 is 6.10 Å². The smallest absolute Gasteiger partial charge is 0.0940 e. The van der Waals surface area contributed by atoms with E-state index in [-0.39, 0.29) is 5.60 Å². The number of aliphatic hydroxyl groups excluding tert-OH is 1. The Bertz CT molecular complexity index is 368. The lowest BCUT2D eigenvalue weighted by molar-refractivity contribution is -0.111. The molecule has 0 aromatic carbocycles. The predicted molar refractivity (Wildman–Crippen MR) is 70.4 cm³/mol. The van der Waals surface area contributed by atoms with E-state index in [1.165, 1.54) is 12.8 Å². The van der Waals surface area contributed by atoms with Crippen molar-refractivity contribution in [3.8, 4) is 0 Å². The van der Waals surface area contributed by atoms with E-state index in [1.807, 2.05) is 19.3 Å². The molecule has 18 heavy (non-hydrogen) atoms. The summed E-state index contributed by atoms with van der Waals surface area (Å²) in [7, 11) is 3.63. The van der Waals surface area contributed by atoms with Crippen LogP contribution in [0.2, 0.25) is 0 Å². The van der Waals surface area contributed by atoms with E-state index in [1.54, 1.807) is 11.8 Å². The molecule has 1 heterocycles. The molecule has 1 atom stereocenters. The van der Waals surface area contributed by atoms with Crippen LogP contribution < -0.4 is 0 Å². The zero-order valence-electron chi connectivity index (χ0n) is 11.4. The molecule has 1 N–H and O–H groups in total. The van der Waals surface area contributed by atoms with Crippen LogP contribution in [0, 0.1) is 0 Å². The molecular weight excluding hydrogens is 228 g/mol. The first-order valence-electron chi connectivity index (χ1n) is 6.88. The fraction of sp³-hybridized carbons (Fsp3) is 0.786. The summed E-state index contributed by atoms with van der Waals surface area (Å²) in [4.78, 5) is 0. The third-order valence-electron chi connectivity index (χ3n) is 4.14. The van der Waals surface area contributed by atoms with Gasteiger partial charge >= 0.3 is 0 Å². The average molecular weight is 252 g/mol. The van der Waals surface area contributed by atoms with Crippen molar-refractivity contribution in [2.75, 3.05) is 7.11 Å². The summed E-state index contributed by atoms with van der Waals surface area (Å²) in [5, 5.41) is 14.9. The van der Waals surface area contributed by atoms with Crippen LogP contribution in [0.3, 0.4) is 0 Å². The van der Waals surface area contributed by atoms with Gasteiger partial charge in [-0.2, -0.15) is 5.10 Å². The van der Waals surface area contributed by atoms with Crippen LogP contribution in [0.25, 0.3) is 0 Å². The molecule has 0 saturated heterocycles.